The van der Waals surface area contributed by atoms with E-state index in [1.807, 2.05) is 133 Å². The normalized spacial score (nSPS) is 13.6. The van der Waals surface area contributed by atoms with E-state index in [9.17, 15) is 0 Å². The van der Waals surface area contributed by atoms with Crippen molar-refractivity contribution in [2.24, 2.45) is 0 Å². The number of pyridine rings is 4. The van der Waals surface area contributed by atoms with Crippen LogP contribution in [0.25, 0.3) is 22.8 Å². The molecular weight excluding hydrogens is 690 g/mol. The first-order valence-corrected chi connectivity index (χ1v) is 20.8. The van der Waals surface area contributed by atoms with Gasteiger partial charge in [-0.1, -0.05) is 133 Å². The molecule has 0 N–H and O–H groups in total. The summed E-state index contributed by atoms with van der Waals surface area (Å²) in [5, 5.41) is 4.12. The van der Waals surface area contributed by atoms with Crippen molar-refractivity contribution < 1.29 is 9.13 Å². The molecule has 4 aromatic heterocycles. The first kappa shape index (κ1) is 31.7. The molecule has 0 unspecified atom stereocenters. The highest BCUT2D eigenvalue weighted by Gasteiger charge is 2.55. The number of rotatable bonds is 6. The maximum absolute atomic E-state index is 15.8. The van der Waals surface area contributed by atoms with Crippen LogP contribution in [0.3, 0.4) is 0 Å². The molecule has 4 aromatic carbocycles. The third kappa shape index (κ3) is 4.40. The zero-order valence-electron chi connectivity index (χ0n) is 28.3. The van der Waals surface area contributed by atoms with Crippen molar-refractivity contribution in [3.8, 4) is 22.8 Å². The molecule has 0 saturated heterocycles. The second-order valence-electron chi connectivity index (χ2n) is 13.3. The van der Waals surface area contributed by atoms with Gasteiger partial charge in [0.25, 0.3) is 0 Å². The summed E-state index contributed by atoms with van der Waals surface area (Å²) in [6.45, 7) is 0. The number of fused-ring (bicyclic) bond motifs is 10. The summed E-state index contributed by atoms with van der Waals surface area (Å²) >= 11 is 0. The SMILES string of the molecule is O=P(c1ccccc1)(c1ccccc1)c1cnc2c(c1)C1(c3cccnc3-c3ncccc31)c1cc(P(=O)(c3ccccc3)c3ccccc3)cnc1-2. The Bertz CT molecular complexity index is 2520. The molecule has 8 aromatic rings. The molecule has 53 heavy (non-hydrogen) atoms. The van der Waals surface area contributed by atoms with Crippen molar-refractivity contribution in [3.63, 3.8) is 0 Å². The summed E-state index contributed by atoms with van der Waals surface area (Å²) in [6, 6.07) is 50.7. The van der Waals surface area contributed by atoms with E-state index in [4.69, 9.17) is 19.9 Å². The minimum absolute atomic E-state index is 0.614. The van der Waals surface area contributed by atoms with Crippen molar-refractivity contribution >= 4 is 46.1 Å². The molecule has 1 spiro atoms. The summed E-state index contributed by atoms with van der Waals surface area (Å²) in [6.07, 6.45) is 7.07. The fourth-order valence-corrected chi connectivity index (χ4v) is 13.5. The Labute approximate surface area is 307 Å². The molecule has 0 bridgehead atoms. The topological polar surface area (TPSA) is 85.7 Å². The summed E-state index contributed by atoms with van der Waals surface area (Å²) in [5.41, 5.74) is 5.47. The Kier molecular flexibility index (Phi) is 7.17. The van der Waals surface area contributed by atoms with Crippen LogP contribution in [0.2, 0.25) is 0 Å². The molecule has 8 heteroatoms. The summed E-state index contributed by atoms with van der Waals surface area (Å²) in [5.74, 6) is 0. The molecule has 2 aliphatic rings. The monoisotopic (exact) mass is 720 g/mol. The van der Waals surface area contributed by atoms with E-state index in [2.05, 4.69) is 24.3 Å². The standard InChI is InChI=1S/C45H30N4O2P2/c50-52(31-15-5-1-6-16-31,32-17-7-2-8-18-32)35-27-39-43(48-29-35)44-40(45(39)37-23-13-25-46-41(37)42-38(45)24-14-26-47-42)28-36(30-49-44)53(51,33-19-9-3-10-20-33)34-21-11-4-12-22-34/h1-30H. The molecule has 0 fully saturated rings. The third-order valence-corrected chi connectivity index (χ3v) is 16.7. The maximum atomic E-state index is 15.8. The fourth-order valence-electron chi connectivity index (χ4n) is 8.31. The number of hydrogen-bond donors (Lipinski definition) is 0. The van der Waals surface area contributed by atoms with Crippen molar-refractivity contribution in [3.05, 3.63) is 205 Å². The van der Waals surface area contributed by atoms with Gasteiger partial charge in [-0.15, -0.1) is 0 Å². The molecule has 0 amide bonds. The zero-order chi connectivity index (χ0) is 35.6. The Morgan fingerprint density at radius 3 is 1.00 bits per heavy atom. The highest BCUT2D eigenvalue weighted by molar-refractivity contribution is 7.85. The van der Waals surface area contributed by atoms with Crippen molar-refractivity contribution in [2.45, 2.75) is 5.41 Å². The van der Waals surface area contributed by atoms with Crippen LogP contribution >= 0.6 is 14.3 Å². The molecule has 4 heterocycles. The van der Waals surface area contributed by atoms with Crippen LogP contribution in [0, 0.1) is 0 Å². The predicted octanol–water partition coefficient (Wildman–Crippen LogP) is 6.89. The lowest BCUT2D eigenvalue weighted by Gasteiger charge is -2.30. The molecule has 252 valence electrons. The number of aromatic nitrogens is 4. The Morgan fingerprint density at radius 1 is 0.340 bits per heavy atom. The van der Waals surface area contributed by atoms with Gasteiger partial charge in [-0.3, -0.25) is 19.9 Å². The Morgan fingerprint density at radius 2 is 0.660 bits per heavy atom. The van der Waals surface area contributed by atoms with E-state index in [1.54, 1.807) is 24.8 Å². The highest BCUT2D eigenvalue weighted by atomic mass is 31.2. The Hall–Kier alpha value is -6.06. The van der Waals surface area contributed by atoms with Crippen molar-refractivity contribution in [2.75, 3.05) is 0 Å². The fraction of sp³-hybridized carbons (Fsp3) is 0.0222. The van der Waals surface area contributed by atoms with Gasteiger partial charge in [0.05, 0.1) is 28.2 Å². The minimum Gasteiger partial charge on any atom is -0.309 e. The molecule has 10 rings (SSSR count). The van der Waals surface area contributed by atoms with Gasteiger partial charge >= 0.3 is 0 Å². The second kappa shape index (κ2) is 12.0. The first-order valence-electron chi connectivity index (χ1n) is 17.4. The average molecular weight is 721 g/mol. The van der Waals surface area contributed by atoms with Gasteiger partial charge in [0.1, 0.15) is 0 Å². The third-order valence-electron chi connectivity index (χ3n) is 10.6. The summed E-state index contributed by atoms with van der Waals surface area (Å²) in [7, 11) is -6.81. The van der Waals surface area contributed by atoms with E-state index >= 15 is 9.13 Å². The van der Waals surface area contributed by atoms with Crippen LogP contribution in [0.4, 0.5) is 0 Å². The average Bonchev–Trinajstić information content (AvgIpc) is 3.71. The summed E-state index contributed by atoms with van der Waals surface area (Å²) in [4.78, 5) is 20.1. The van der Waals surface area contributed by atoms with Crippen LogP contribution < -0.4 is 31.8 Å². The van der Waals surface area contributed by atoms with Gasteiger partial charge < -0.3 is 9.13 Å². The van der Waals surface area contributed by atoms with Crippen LogP contribution in [0.1, 0.15) is 22.3 Å². The summed E-state index contributed by atoms with van der Waals surface area (Å²) < 4.78 is 31.5. The number of nitrogens with zero attached hydrogens (tertiary/aromatic N) is 4. The lowest BCUT2D eigenvalue weighted by molar-refractivity contribution is 0.591. The van der Waals surface area contributed by atoms with Crippen LogP contribution in [0.15, 0.2) is 183 Å². The van der Waals surface area contributed by atoms with Crippen LogP contribution in [0.5, 0.6) is 0 Å². The molecule has 2 aliphatic carbocycles. The van der Waals surface area contributed by atoms with E-state index in [0.717, 1.165) is 54.9 Å². The maximum Gasteiger partial charge on any atom is 0.172 e. The van der Waals surface area contributed by atoms with Crippen molar-refractivity contribution in [1.29, 1.82) is 0 Å². The first-order chi connectivity index (χ1) is 26.1. The van der Waals surface area contributed by atoms with Gasteiger partial charge in [-0.25, -0.2) is 0 Å². The molecule has 6 nitrogen and oxygen atoms in total. The van der Waals surface area contributed by atoms with E-state index in [1.165, 1.54) is 0 Å². The smallest absolute Gasteiger partial charge is 0.172 e. The minimum atomic E-state index is -3.40. The van der Waals surface area contributed by atoms with Crippen LogP contribution in [-0.2, 0) is 14.5 Å². The molecule has 0 saturated carbocycles. The molecule has 0 aliphatic heterocycles. The predicted molar refractivity (Wildman–Crippen MR) is 213 cm³/mol. The molecular formula is C45H30N4O2P2. The zero-order valence-corrected chi connectivity index (χ0v) is 30.1. The number of hydrogen-bond acceptors (Lipinski definition) is 6. The van der Waals surface area contributed by atoms with Crippen molar-refractivity contribution in [1.82, 2.24) is 19.9 Å². The van der Waals surface area contributed by atoms with E-state index in [-0.39, 0.29) is 0 Å². The van der Waals surface area contributed by atoms with Gasteiger partial charge in [0, 0.05) is 67.7 Å². The van der Waals surface area contributed by atoms with Gasteiger partial charge in [0.15, 0.2) is 14.3 Å². The van der Waals surface area contributed by atoms with Gasteiger partial charge in [0.2, 0.25) is 0 Å². The number of benzene rings is 4. The molecule has 0 atom stereocenters. The quantitative estimate of drug-likeness (QED) is 0.174. The second-order valence-corrected chi connectivity index (χ2v) is 18.8. The van der Waals surface area contributed by atoms with E-state index < -0.39 is 19.7 Å². The largest absolute Gasteiger partial charge is 0.309 e. The highest BCUT2D eigenvalue weighted by Crippen LogP contribution is 2.62. The molecule has 0 radical (unpaired) electrons. The van der Waals surface area contributed by atoms with E-state index in [0.29, 0.717) is 22.0 Å². The lowest BCUT2D eigenvalue weighted by Crippen LogP contribution is -2.31. The lowest BCUT2D eigenvalue weighted by atomic mass is 9.71. The van der Waals surface area contributed by atoms with Gasteiger partial charge in [-0.05, 0) is 35.4 Å². The Balaban J connectivity index is 1.30. The van der Waals surface area contributed by atoms with Crippen LogP contribution in [-0.4, -0.2) is 19.9 Å². The van der Waals surface area contributed by atoms with Gasteiger partial charge in [-0.2, -0.15) is 0 Å².